The first kappa shape index (κ1) is 10.4. The van der Waals surface area contributed by atoms with E-state index in [1.165, 1.54) is 0 Å². The quantitative estimate of drug-likeness (QED) is 0.847. The molecule has 2 aromatic heterocycles. The predicted octanol–water partition coefficient (Wildman–Crippen LogP) is 1.52. The van der Waals surface area contributed by atoms with Crippen LogP contribution >= 0.6 is 0 Å². The molecule has 1 N–H and O–H groups in total. The van der Waals surface area contributed by atoms with E-state index in [1.54, 1.807) is 0 Å². The van der Waals surface area contributed by atoms with Crippen LogP contribution < -0.4 is 5.32 Å². The van der Waals surface area contributed by atoms with Crippen molar-refractivity contribution in [3.05, 3.63) is 29.8 Å². The number of aryl methyl sites for hydroxylation is 1. The summed E-state index contributed by atoms with van der Waals surface area (Å²) in [6.45, 7) is 3.89. The van der Waals surface area contributed by atoms with Crippen LogP contribution in [0.2, 0.25) is 0 Å². The summed E-state index contributed by atoms with van der Waals surface area (Å²) in [7, 11) is 0. The molecule has 0 amide bonds. The van der Waals surface area contributed by atoms with Crippen molar-refractivity contribution in [3.8, 4) is 11.5 Å². The zero-order chi connectivity index (χ0) is 11.7. The second-order valence-corrected chi connectivity index (χ2v) is 4.31. The fourth-order valence-electron chi connectivity index (χ4n) is 2.04. The van der Waals surface area contributed by atoms with Crippen molar-refractivity contribution in [1.29, 1.82) is 0 Å². The maximum absolute atomic E-state index is 5.30. The van der Waals surface area contributed by atoms with Gasteiger partial charge < -0.3 is 9.84 Å². The summed E-state index contributed by atoms with van der Waals surface area (Å²) < 4.78 is 5.30. The lowest BCUT2D eigenvalue weighted by atomic mass is 10.1. The minimum Gasteiger partial charge on any atom is -0.339 e. The lowest BCUT2D eigenvalue weighted by Gasteiger charge is -1.98. The summed E-state index contributed by atoms with van der Waals surface area (Å²) in [5.74, 6) is 1.64. The van der Waals surface area contributed by atoms with Crippen molar-refractivity contribution in [2.24, 2.45) is 0 Å². The molecule has 0 aromatic carbocycles. The highest BCUT2D eigenvalue weighted by atomic mass is 16.5. The SMILES string of the molecule is Cc1cccc(-c2noc(C3CCNC3)n2)n1. The van der Waals surface area contributed by atoms with Gasteiger partial charge in [-0.25, -0.2) is 4.98 Å². The monoisotopic (exact) mass is 230 g/mol. The van der Waals surface area contributed by atoms with Crippen molar-refractivity contribution in [3.63, 3.8) is 0 Å². The zero-order valence-corrected chi connectivity index (χ0v) is 9.68. The summed E-state index contributed by atoms with van der Waals surface area (Å²) in [5, 5.41) is 7.28. The van der Waals surface area contributed by atoms with E-state index < -0.39 is 0 Å². The minimum atomic E-state index is 0.348. The molecule has 1 saturated heterocycles. The number of hydrogen-bond acceptors (Lipinski definition) is 5. The van der Waals surface area contributed by atoms with Crippen LogP contribution in [0.1, 0.15) is 23.9 Å². The van der Waals surface area contributed by atoms with Crippen LogP contribution in [0.3, 0.4) is 0 Å². The van der Waals surface area contributed by atoms with Crippen molar-refractivity contribution in [2.45, 2.75) is 19.3 Å². The van der Waals surface area contributed by atoms with Crippen LogP contribution in [0.5, 0.6) is 0 Å². The number of nitrogens with one attached hydrogen (secondary N) is 1. The highest BCUT2D eigenvalue weighted by Crippen LogP contribution is 2.22. The van der Waals surface area contributed by atoms with Gasteiger partial charge in [-0.1, -0.05) is 11.2 Å². The number of aromatic nitrogens is 3. The Morgan fingerprint density at radius 3 is 3.06 bits per heavy atom. The molecule has 5 nitrogen and oxygen atoms in total. The average molecular weight is 230 g/mol. The van der Waals surface area contributed by atoms with Gasteiger partial charge >= 0.3 is 0 Å². The Bertz CT molecular complexity index is 517. The minimum absolute atomic E-state index is 0.348. The highest BCUT2D eigenvalue weighted by molar-refractivity contribution is 5.48. The third-order valence-electron chi connectivity index (χ3n) is 2.97. The molecule has 17 heavy (non-hydrogen) atoms. The summed E-state index contributed by atoms with van der Waals surface area (Å²) >= 11 is 0. The molecule has 1 atom stereocenters. The van der Waals surface area contributed by atoms with E-state index in [4.69, 9.17) is 4.52 Å². The lowest BCUT2D eigenvalue weighted by Crippen LogP contribution is -2.08. The van der Waals surface area contributed by atoms with E-state index in [1.807, 2.05) is 25.1 Å². The van der Waals surface area contributed by atoms with E-state index in [0.29, 0.717) is 17.6 Å². The second kappa shape index (κ2) is 4.25. The average Bonchev–Trinajstić information content (AvgIpc) is 3.00. The van der Waals surface area contributed by atoms with Gasteiger partial charge in [-0.15, -0.1) is 0 Å². The van der Waals surface area contributed by atoms with E-state index in [2.05, 4.69) is 20.4 Å². The van der Waals surface area contributed by atoms with Gasteiger partial charge in [0.1, 0.15) is 5.69 Å². The van der Waals surface area contributed by atoms with Gasteiger partial charge in [0.2, 0.25) is 11.7 Å². The number of rotatable bonds is 2. The molecular formula is C12H14N4O. The standard InChI is InChI=1S/C12H14N4O/c1-8-3-2-4-10(14-8)11-15-12(17-16-11)9-5-6-13-7-9/h2-4,9,13H,5-7H2,1H3. The molecule has 1 unspecified atom stereocenters. The van der Waals surface area contributed by atoms with Crippen molar-refractivity contribution >= 4 is 0 Å². The first-order chi connectivity index (χ1) is 8.33. The molecule has 2 aromatic rings. The Labute approximate surface area is 99.3 Å². The third kappa shape index (κ3) is 2.06. The van der Waals surface area contributed by atoms with Crippen LogP contribution in [0, 0.1) is 6.92 Å². The summed E-state index contributed by atoms with van der Waals surface area (Å²) in [5.41, 5.74) is 1.72. The molecule has 3 heterocycles. The van der Waals surface area contributed by atoms with Gasteiger partial charge in [0.05, 0.1) is 5.92 Å². The van der Waals surface area contributed by atoms with Crippen LogP contribution in [0.25, 0.3) is 11.5 Å². The zero-order valence-electron chi connectivity index (χ0n) is 9.68. The van der Waals surface area contributed by atoms with E-state index in [-0.39, 0.29) is 0 Å². The van der Waals surface area contributed by atoms with Gasteiger partial charge in [0.15, 0.2) is 0 Å². The van der Waals surface area contributed by atoms with E-state index >= 15 is 0 Å². The number of nitrogens with zero attached hydrogens (tertiary/aromatic N) is 3. The van der Waals surface area contributed by atoms with E-state index in [0.717, 1.165) is 30.9 Å². The Morgan fingerprint density at radius 1 is 1.35 bits per heavy atom. The maximum atomic E-state index is 5.30. The number of hydrogen-bond donors (Lipinski definition) is 1. The van der Waals surface area contributed by atoms with Gasteiger partial charge in [-0.3, -0.25) is 0 Å². The van der Waals surface area contributed by atoms with Gasteiger partial charge in [0, 0.05) is 12.2 Å². The molecule has 0 spiro atoms. The molecule has 3 rings (SSSR count). The first-order valence-electron chi connectivity index (χ1n) is 5.81. The van der Waals surface area contributed by atoms with Crippen LogP contribution in [-0.2, 0) is 0 Å². The first-order valence-corrected chi connectivity index (χ1v) is 5.81. The maximum Gasteiger partial charge on any atom is 0.231 e. The molecule has 0 bridgehead atoms. The molecule has 1 aliphatic heterocycles. The van der Waals surface area contributed by atoms with Crippen LogP contribution in [0.15, 0.2) is 22.7 Å². The molecule has 0 aliphatic carbocycles. The fourth-order valence-corrected chi connectivity index (χ4v) is 2.04. The van der Waals surface area contributed by atoms with Crippen molar-refractivity contribution in [1.82, 2.24) is 20.4 Å². The molecule has 0 saturated carbocycles. The Kier molecular flexibility index (Phi) is 2.60. The molecule has 1 fully saturated rings. The van der Waals surface area contributed by atoms with Crippen LogP contribution in [-0.4, -0.2) is 28.2 Å². The Balaban J connectivity index is 1.89. The van der Waals surface area contributed by atoms with Crippen LogP contribution in [0.4, 0.5) is 0 Å². The molecule has 0 radical (unpaired) electrons. The topological polar surface area (TPSA) is 63.8 Å². The van der Waals surface area contributed by atoms with Crippen molar-refractivity contribution < 1.29 is 4.52 Å². The van der Waals surface area contributed by atoms with Gasteiger partial charge in [-0.2, -0.15) is 4.98 Å². The summed E-state index contributed by atoms with van der Waals surface area (Å²) in [6, 6.07) is 5.80. The highest BCUT2D eigenvalue weighted by Gasteiger charge is 2.23. The smallest absolute Gasteiger partial charge is 0.231 e. The van der Waals surface area contributed by atoms with E-state index in [9.17, 15) is 0 Å². The number of pyridine rings is 1. The fraction of sp³-hybridized carbons (Fsp3) is 0.417. The molecular weight excluding hydrogens is 216 g/mol. The van der Waals surface area contributed by atoms with Gasteiger partial charge in [0.25, 0.3) is 0 Å². The summed E-state index contributed by atoms with van der Waals surface area (Å²) in [6.07, 6.45) is 1.06. The molecule has 5 heteroatoms. The third-order valence-corrected chi connectivity index (χ3v) is 2.97. The Morgan fingerprint density at radius 2 is 2.29 bits per heavy atom. The largest absolute Gasteiger partial charge is 0.339 e. The molecule has 1 aliphatic rings. The second-order valence-electron chi connectivity index (χ2n) is 4.31. The molecule has 88 valence electrons. The normalized spacial score (nSPS) is 19.7. The predicted molar refractivity (Wildman–Crippen MR) is 62.5 cm³/mol. The Hall–Kier alpha value is -1.75. The lowest BCUT2D eigenvalue weighted by molar-refractivity contribution is 0.359. The van der Waals surface area contributed by atoms with Gasteiger partial charge in [-0.05, 0) is 32.0 Å². The van der Waals surface area contributed by atoms with Crippen molar-refractivity contribution in [2.75, 3.05) is 13.1 Å². The summed E-state index contributed by atoms with van der Waals surface area (Å²) in [4.78, 5) is 8.81.